The van der Waals surface area contributed by atoms with Crippen LogP contribution in [-0.4, -0.2) is 29.3 Å². The molecule has 0 spiro atoms. The first-order valence-corrected chi connectivity index (χ1v) is 6.72. The average Bonchev–Trinajstić information content (AvgIpc) is 2.77. The van der Waals surface area contributed by atoms with Crippen molar-refractivity contribution in [2.24, 2.45) is 7.05 Å². The highest BCUT2D eigenvalue weighted by Crippen LogP contribution is 2.16. The molecule has 1 aromatic carbocycles. The second-order valence-electron chi connectivity index (χ2n) is 4.80. The van der Waals surface area contributed by atoms with Crippen molar-refractivity contribution in [1.29, 1.82) is 0 Å². The summed E-state index contributed by atoms with van der Waals surface area (Å²) in [5.41, 5.74) is 2.78. The molecule has 0 atom stereocenters. The van der Waals surface area contributed by atoms with Crippen LogP contribution in [0.1, 0.15) is 11.3 Å². The number of rotatable bonds is 6. The molecule has 6 heteroatoms. The van der Waals surface area contributed by atoms with Crippen LogP contribution < -0.4 is 15.4 Å². The number of nitrogens with zero attached hydrogens (tertiary/aromatic N) is 2. The number of hydrogen-bond donors (Lipinski definition) is 2. The fourth-order valence-corrected chi connectivity index (χ4v) is 2.04. The van der Waals surface area contributed by atoms with Crippen molar-refractivity contribution in [2.75, 3.05) is 19.0 Å². The molecule has 2 rings (SSSR count). The van der Waals surface area contributed by atoms with E-state index in [0.29, 0.717) is 12.3 Å². The van der Waals surface area contributed by atoms with Crippen LogP contribution in [0.4, 0.5) is 5.69 Å². The van der Waals surface area contributed by atoms with Crippen molar-refractivity contribution in [1.82, 2.24) is 15.1 Å². The lowest BCUT2D eigenvalue weighted by molar-refractivity contribution is -0.115. The number of benzene rings is 1. The van der Waals surface area contributed by atoms with Gasteiger partial charge in [0.1, 0.15) is 5.75 Å². The Kier molecular flexibility index (Phi) is 4.94. The highest BCUT2D eigenvalue weighted by atomic mass is 16.5. The largest absolute Gasteiger partial charge is 0.497 e. The van der Waals surface area contributed by atoms with E-state index in [1.165, 1.54) is 0 Å². The number of carbonyl (C=O) groups is 1. The molecule has 0 saturated heterocycles. The minimum absolute atomic E-state index is 0.0928. The smallest absolute Gasteiger partial charge is 0.238 e. The number of hydrogen-bond acceptors (Lipinski definition) is 4. The summed E-state index contributed by atoms with van der Waals surface area (Å²) in [6.45, 7) is 2.81. The summed E-state index contributed by atoms with van der Waals surface area (Å²) in [6.07, 6.45) is 1.95. The molecular formula is C15H20N4O2. The van der Waals surface area contributed by atoms with Gasteiger partial charge in [0.25, 0.3) is 0 Å². The molecule has 0 bridgehead atoms. The van der Waals surface area contributed by atoms with Gasteiger partial charge < -0.3 is 15.4 Å². The van der Waals surface area contributed by atoms with Gasteiger partial charge in [-0.25, -0.2) is 0 Å². The highest BCUT2D eigenvalue weighted by Gasteiger charge is 2.05. The molecule has 6 nitrogen and oxygen atoms in total. The third kappa shape index (κ3) is 4.32. The average molecular weight is 288 g/mol. The van der Waals surface area contributed by atoms with Gasteiger partial charge >= 0.3 is 0 Å². The number of ether oxygens (including phenoxy) is 1. The summed E-state index contributed by atoms with van der Waals surface area (Å²) in [4.78, 5) is 11.9. The zero-order valence-corrected chi connectivity index (χ0v) is 12.5. The Morgan fingerprint density at radius 1 is 1.43 bits per heavy atom. The van der Waals surface area contributed by atoms with Crippen molar-refractivity contribution in [3.8, 4) is 5.75 Å². The van der Waals surface area contributed by atoms with E-state index in [0.717, 1.165) is 16.9 Å². The van der Waals surface area contributed by atoms with Crippen LogP contribution in [0.3, 0.4) is 0 Å². The van der Waals surface area contributed by atoms with Gasteiger partial charge in [-0.05, 0) is 19.1 Å². The van der Waals surface area contributed by atoms with Crippen LogP contribution in [-0.2, 0) is 18.4 Å². The molecule has 2 N–H and O–H groups in total. The van der Waals surface area contributed by atoms with Gasteiger partial charge in [0.2, 0.25) is 5.91 Å². The fraction of sp³-hybridized carbons (Fsp3) is 0.333. The van der Waals surface area contributed by atoms with Gasteiger partial charge in [-0.1, -0.05) is 6.07 Å². The fourth-order valence-electron chi connectivity index (χ4n) is 2.04. The normalized spacial score (nSPS) is 10.4. The van der Waals surface area contributed by atoms with E-state index in [9.17, 15) is 4.79 Å². The summed E-state index contributed by atoms with van der Waals surface area (Å²) in [7, 11) is 3.48. The van der Waals surface area contributed by atoms with Gasteiger partial charge in [-0.15, -0.1) is 0 Å². The Morgan fingerprint density at radius 3 is 2.90 bits per heavy atom. The van der Waals surface area contributed by atoms with E-state index >= 15 is 0 Å². The van der Waals surface area contributed by atoms with Crippen molar-refractivity contribution >= 4 is 11.6 Å². The number of amides is 1. The maximum absolute atomic E-state index is 11.9. The van der Waals surface area contributed by atoms with Crippen LogP contribution in [0.25, 0.3) is 0 Å². The number of carbonyl (C=O) groups excluding carboxylic acids is 1. The Labute approximate surface area is 124 Å². The van der Waals surface area contributed by atoms with Gasteiger partial charge in [0.05, 0.1) is 19.3 Å². The van der Waals surface area contributed by atoms with Crippen molar-refractivity contribution in [3.63, 3.8) is 0 Å². The number of anilines is 1. The molecule has 1 aromatic heterocycles. The lowest BCUT2D eigenvalue weighted by Gasteiger charge is -2.07. The predicted octanol–water partition coefficient (Wildman–Crippen LogP) is 1.47. The molecule has 0 saturated carbocycles. The predicted molar refractivity (Wildman–Crippen MR) is 81.3 cm³/mol. The van der Waals surface area contributed by atoms with E-state index in [1.807, 2.05) is 38.4 Å². The van der Waals surface area contributed by atoms with Gasteiger partial charge in [0, 0.05) is 37.1 Å². The topological polar surface area (TPSA) is 68.2 Å². The monoisotopic (exact) mass is 288 g/mol. The van der Waals surface area contributed by atoms with Crippen molar-refractivity contribution in [3.05, 3.63) is 41.7 Å². The first-order valence-electron chi connectivity index (χ1n) is 6.72. The Bertz CT molecular complexity index is 622. The number of aryl methyl sites for hydroxylation is 2. The number of nitrogens with one attached hydrogen (secondary N) is 2. The van der Waals surface area contributed by atoms with Crippen LogP contribution >= 0.6 is 0 Å². The van der Waals surface area contributed by atoms with Gasteiger partial charge in [-0.2, -0.15) is 5.10 Å². The minimum Gasteiger partial charge on any atom is -0.497 e. The molecule has 112 valence electrons. The molecule has 0 radical (unpaired) electrons. The molecule has 0 unspecified atom stereocenters. The number of aromatic nitrogens is 2. The quantitative estimate of drug-likeness (QED) is 0.844. The summed E-state index contributed by atoms with van der Waals surface area (Å²) >= 11 is 0. The maximum atomic E-state index is 11.9. The summed E-state index contributed by atoms with van der Waals surface area (Å²) in [6, 6.07) is 7.27. The molecule has 2 aromatic rings. The first-order chi connectivity index (χ1) is 10.1. The lowest BCUT2D eigenvalue weighted by Crippen LogP contribution is -2.27. The molecular weight excluding hydrogens is 268 g/mol. The van der Waals surface area contributed by atoms with E-state index in [-0.39, 0.29) is 12.5 Å². The van der Waals surface area contributed by atoms with Gasteiger partial charge in [-0.3, -0.25) is 9.48 Å². The van der Waals surface area contributed by atoms with Crippen molar-refractivity contribution < 1.29 is 9.53 Å². The summed E-state index contributed by atoms with van der Waals surface area (Å²) in [5, 5.41) is 10.2. The Hall–Kier alpha value is -2.34. The number of methoxy groups -OCH3 is 1. The van der Waals surface area contributed by atoms with Gasteiger partial charge in [0.15, 0.2) is 0 Å². The van der Waals surface area contributed by atoms with Crippen LogP contribution in [0.15, 0.2) is 30.5 Å². The molecule has 0 aliphatic rings. The molecule has 1 heterocycles. The second kappa shape index (κ2) is 6.90. The zero-order chi connectivity index (χ0) is 15.2. The Balaban J connectivity index is 1.80. The van der Waals surface area contributed by atoms with E-state index in [4.69, 9.17) is 4.74 Å². The molecule has 1 amide bonds. The highest BCUT2D eigenvalue weighted by molar-refractivity contribution is 5.92. The van der Waals surface area contributed by atoms with Crippen LogP contribution in [0.5, 0.6) is 5.75 Å². The molecule has 0 aliphatic carbocycles. The van der Waals surface area contributed by atoms with E-state index in [1.54, 1.807) is 17.9 Å². The maximum Gasteiger partial charge on any atom is 0.238 e. The minimum atomic E-state index is -0.0928. The van der Waals surface area contributed by atoms with Crippen LogP contribution in [0, 0.1) is 6.92 Å². The molecule has 0 fully saturated rings. The molecule has 0 aliphatic heterocycles. The first kappa shape index (κ1) is 15.1. The zero-order valence-electron chi connectivity index (χ0n) is 12.5. The third-order valence-corrected chi connectivity index (χ3v) is 3.07. The van der Waals surface area contributed by atoms with E-state index < -0.39 is 0 Å². The SMILES string of the molecule is COc1cccc(NC(=O)CNCc2cn(C)nc2C)c1. The second-order valence-corrected chi connectivity index (χ2v) is 4.80. The molecule has 21 heavy (non-hydrogen) atoms. The van der Waals surface area contributed by atoms with Crippen LogP contribution in [0.2, 0.25) is 0 Å². The summed E-state index contributed by atoms with van der Waals surface area (Å²) < 4.78 is 6.88. The summed E-state index contributed by atoms with van der Waals surface area (Å²) in [5.74, 6) is 0.622. The van der Waals surface area contributed by atoms with E-state index in [2.05, 4.69) is 15.7 Å². The standard InChI is InChI=1S/C15H20N4O2/c1-11-12(10-19(2)18-11)8-16-9-15(20)17-13-5-4-6-14(7-13)21-3/h4-7,10,16H,8-9H2,1-3H3,(H,17,20). The lowest BCUT2D eigenvalue weighted by atomic mass is 10.2. The third-order valence-electron chi connectivity index (χ3n) is 3.07. The Morgan fingerprint density at radius 2 is 2.24 bits per heavy atom. The van der Waals surface area contributed by atoms with Crippen molar-refractivity contribution in [2.45, 2.75) is 13.5 Å².